The molecule has 0 aliphatic carbocycles. The van der Waals surface area contributed by atoms with Gasteiger partial charge >= 0.3 is 45.2 Å². The van der Waals surface area contributed by atoms with Crippen LogP contribution in [0.25, 0.3) is 0 Å². The molecule has 2 aromatic heterocycles. The van der Waals surface area contributed by atoms with Crippen LogP contribution in [-0.2, 0) is 85.4 Å². The molecule has 0 N–H and O–H groups in total. The maximum atomic E-state index is 7.50. The van der Waals surface area contributed by atoms with Crippen LogP contribution < -0.4 is 0 Å². The molecule has 0 saturated heterocycles. The standard InChI is InChI=1S/2C23H43NP2.4CO.2Mo.N2/c2*1-20(2,3)25(21(4,5)6)16-18-14-13-15-19(24-18)17-26(22(7,8)9)23(10,11)12;4*1-2;;;1-2/h2*13-15H,16-17H2,1-12H3;;;;;;;. The Morgan fingerprint density at radius 1 is 0.328 bits per heavy atom. The van der Waals surface area contributed by atoms with E-state index in [9.17, 15) is 0 Å². The maximum Gasteiger partial charge on any atom is 0 e. The number of pyridine rings is 2. The van der Waals surface area contributed by atoms with Crippen molar-refractivity contribution in [3.05, 3.63) is 85.8 Å². The van der Waals surface area contributed by atoms with Crippen LogP contribution in [0.1, 0.15) is 189 Å². The summed E-state index contributed by atoms with van der Waals surface area (Å²) in [6, 6.07) is 13.4. The molecule has 0 bridgehead atoms. The van der Waals surface area contributed by atoms with Gasteiger partial charge in [0.15, 0.2) is 0 Å². The first-order chi connectivity index (χ1) is 27.8. The Morgan fingerprint density at radius 3 is 0.531 bits per heavy atom. The van der Waals surface area contributed by atoms with E-state index >= 15 is 0 Å². The third-order valence-corrected chi connectivity index (χ3v) is 25.0. The van der Waals surface area contributed by atoms with Gasteiger partial charge in [0, 0.05) is 100 Å². The van der Waals surface area contributed by atoms with Crippen molar-refractivity contribution in [1.82, 2.24) is 9.97 Å². The van der Waals surface area contributed by atoms with Crippen molar-refractivity contribution in [2.75, 3.05) is 0 Å². The quantitative estimate of drug-likeness (QED) is 0.0849. The molecule has 0 radical (unpaired) electrons. The smallest absolute Gasteiger partial charge is 0 e. The summed E-state index contributed by atoms with van der Waals surface area (Å²) in [6.45, 7) is 75.5. The molecule has 0 aromatic carbocycles. The Morgan fingerprint density at radius 2 is 0.438 bits per heavy atom. The van der Waals surface area contributed by atoms with Gasteiger partial charge in [0.1, 0.15) is 0 Å². The molecule has 64 heavy (non-hydrogen) atoms. The van der Waals surface area contributed by atoms with Crippen LogP contribution in [0.2, 0.25) is 0 Å². The van der Waals surface area contributed by atoms with Gasteiger partial charge in [0.05, 0.1) is 0 Å². The van der Waals surface area contributed by atoms with Crippen LogP contribution >= 0.6 is 31.7 Å². The average molecular weight is 1120 g/mol. The molecule has 0 atom stereocenters. The van der Waals surface area contributed by atoms with Gasteiger partial charge in [-0.3, -0.25) is 9.97 Å². The summed E-state index contributed by atoms with van der Waals surface area (Å²) in [5.41, 5.74) is 5.15. The number of hydrogen-bond donors (Lipinski definition) is 0. The molecular formula is C50H86Mo2N4O4P4. The largest absolute Gasteiger partial charge is 0 e. The minimum Gasteiger partial charge on any atom is 0 e. The summed E-state index contributed by atoms with van der Waals surface area (Å²) in [7, 11) is -0.616. The molecule has 0 spiro atoms. The zero-order valence-electron chi connectivity index (χ0n) is 44.3. The molecule has 0 unspecified atom stereocenters. The van der Waals surface area contributed by atoms with Crippen molar-refractivity contribution < 1.29 is 60.7 Å². The van der Waals surface area contributed by atoms with Crippen molar-refractivity contribution in [3.63, 3.8) is 0 Å². The monoisotopic (exact) mass is 1130 g/mol. The second-order valence-corrected chi connectivity index (χ2v) is 38.4. The van der Waals surface area contributed by atoms with E-state index < -0.39 is 0 Å². The number of rotatable bonds is 8. The Labute approximate surface area is 428 Å². The molecule has 2 heterocycles. The fourth-order valence-electron chi connectivity index (χ4n) is 7.98. The topological polar surface area (TPSA) is 153 Å². The fourth-order valence-corrected chi connectivity index (χ4v) is 21.8. The number of nitrogens with zero attached hydrogens (tertiary/aromatic N) is 4. The van der Waals surface area contributed by atoms with Crippen molar-refractivity contribution in [3.8, 4) is 0 Å². The van der Waals surface area contributed by atoms with Crippen LogP contribution in [0.15, 0.2) is 36.4 Å². The summed E-state index contributed by atoms with van der Waals surface area (Å²) in [5.74, 6) is 0. The predicted molar refractivity (Wildman–Crippen MR) is 268 cm³/mol. The molecule has 8 nitrogen and oxygen atoms in total. The molecule has 0 aliphatic heterocycles. The zero-order valence-corrected chi connectivity index (χ0v) is 51.9. The average Bonchev–Trinajstić information content (AvgIpc) is 3.12. The summed E-state index contributed by atoms with van der Waals surface area (Å²) in [6.07, 6.45) is 4.50. The van der Waals surface area contributed by atoms with E-state index in [0.717, 1.165) is 24.6 Å². The fraction of sp³-hybridized carbons (Fsp3) is 0.720. The summed E-state index contributed by atoms with van der Waals surface area (Å²) >= 11 is 0. The molecular weight excluding hydrogens is 1040 g/mol. The molecule has 14 heteroatoms. The van der Waals surface area contributed by atoms with E-state index in [0.29, 0.717) is 41.2 Å². The molecule has 0 amide bonds. The summed E-state index contributed by atoms with van der Waals surface area (Å²) in [4.78, 5) is 10.3. The van der Waals surface area contributed by atoms with E-state index in [4.69, 9.17) is 39.4 Å². The van der Waals surface area contributed by atoms with Crippen LogP contribution in [0.3, 0.4) is 0 Å². The minimum atomic E-state index is -0.154. The van der Waals surface area contributed by atoms with Crippen molar-refractivity contribution in [2.45, 2.75) is 232 Å². The Bertz CT molecular complexity index is 1350. The Hall–Kier alpha value is -0.223. The Kier molecular flexibility index (Phi) is 41.6. The third kappa shape index (κ3) is 32.5. The third-order valence-electron chi connectivity index (χ3n) is 9.49. The van der Waals surface area contributed by atoms with Crippen molar-refractivity contribution in [2.24, 2.45) is 0 Å². The minimum absolute atomic E-state index is 0. The second-order valence-electron chi connectivity index (χ2n) is 23.0. The molecule has 362 valence electrons. The summed E-state index contributed by atoms with van der Waals surface area (Å²) in [5, 5.41) is 14.7. The van der Waals surface area contributed by atoms with Crippen LogP contribution in [-0.4, -0.2) is 51.2 Å². The molecule has 2 aromatic rings. The van der Waals surface area contributed by atoms with Crippen molar-refractivity contribution >= 4 is 31.7 Å². The van der Waals surface area contributed by atoms with E-state index in [2.05, 4.69) is 229 Å². The van der Waals surface area contributed by atoms with Crippen LogP contribution in [0.4, 0.5) is 0 Å². The molecule has 0 aliphatic rings. The number of hydrogen-bond acceptors (Lipinski definition) is 4. The molecule has 0 fully saturated rings. The molecule has 0 saturated carbocycles. The first-order valence-electron chi connectivity index (χ1n) is 20.9. The van der Waals surface area contributed by atoms with Gasteiger partial charge in [-0.2, -0.15) is 0 Å². The van der Waals surface area contributed by atoms with E-state index in [1.54, 1.807) is 0 Å². The predicted octanol–water partition coefficient (Wildman–Crippen LogP) is 16.4. The van der Waals surface area contributed by atoms with Gasteiger partial charge in [-0.1, -0.05) is 210 Å². The van der Waals surface area contributed by atoms with Crippen molar-refractivity contribution in [1.29, 1.82) is 10.8 Å². The van der Waals surface area contributed by atoms with E-state index in [1.807, 2.05) is 0 Å². The van der Waals surface area contributed by atoms with E-state index in [-0.39, 0.29) is 73.8 Å². The zero-order chi connectivity index (χ0) is 51.1. The van der Waals surface area contributed by atoms with Gasteiger partial charge in [0.2, 0.25) is 0 Å². The van der Waals surface area contributed by atoms with E-state index in [1.165, 1.54) is 22.8 Å². The number of aromatic nitrogens is 2. The first-order valence-corrected chi connectivity index (χ1v) is 27.0. The van der Waals surface area contributed by atoms with Crippen LogP contribution in [0.5, 0.6) is 0 Å². The first kappa shape index (κ1) is 78.0. The van der Waals surface area contributed by atoms with Gasteiger partial charge in [0.25, 0.3) is 0 Å². The van der Waals surface area contributed by atoms with Gasteiger partial charge in [-0.25, -0.2) is 0 Å². The summed E-state index contributed by atoms with van der Waals surface area (Å²) < 4.78 is 30.0. The maximum absolute atomic E-state index is 7.50. The van der Waals surface area contributed by atoms with Gasteiger partial charge in [-0.15, -0.1) is 0 Å². The van der Waals surface area contributed by atoms with Gasteiger partial charge in [-0.05, 0) is 65.5 Å². The second kappa shape index (κ2) is 34.1. The molecule has 2 rings (SSSR count). The van der Waals surface area contributed by atoms with Gasteiger partial charge < -0.3 is 0 Å². The SMILES string of the molecule is CC(C)(C)P(Cc1cccc(CP(C(C)(C)C)C(C)(C)C)n1)C(C)(C)C.CC(C)(C)P(Cc1cccc(CP(C(C)(C)C)C(C)(C)C)n1)C(C)(C)C.N#N.[C-]#[O+].[C-]#[O+].[C-]#[O+].[C-]#[O+].[Mo].[Mo]. The Balaban J connectivity index is -0.000000165. The van der Waals surface area contributed by atoms with Crippen LogP contribution in [0, 0.1) is 37.4 Å². The normalized spacial score (nSPS) is 11.8.